The Morgan fingerprint density at radius 1 is 1.50 bits per heavy atom. The van der Waals surface area contributed by atoms with Crippen molar-refractivity contribution in [3.05, 3.63) is 28.8 Å². The molecule has 0 unspecified atom stereocenters. The van der Waals surface area contributed by atoms with Crippen molar-refractivity contribution in [2.75, 3.05) is 18.0 Å². The molecular weight excluding hydrogens is 244 g/mol. The van der Waals surface area contributed by atoms with E-state index in [4.69, 9.17) is 17.3 Å². The number of rotatable bonds is 3. The fourth-order valence-corrected chi connectivity index (χ4v) is 2.92. The molecule has 0 aromatic heterocycles. The van der Waals surface area contributed by atoms with E-state index in [0.717, 1.165) is 30.5 Å². The first-order valence-electron chi connectivity index (χ1n) is 6.91. The zero-order chi connectivity index (χ0) is 13.1. The molecule has 1 saturated heterocycles. The minimum atomic E-state index is 0.0796. The smallest absolute Gasteiger partial charge is 0.0415 e. The lowest BCUT2D eigenvalue weighted by Crippen LogP contribution is -2.35. The molecule has 1 aromatic rings. The van der Waals surface area contributed by atoms with Crippen LogP contribution >= 0.6 is 11.6 Å². The summed E-state index contributed by atoms with van der Waals surface area (Å²) in [5.41, 5.74) is 8.69. The maximum Gasteiger partial charge on any atom is 0.0415 e. The van der Waals surface area contributed by atoms with Crippen LogP contribution in [0.3, 0.4) is 0 Å². The second-order valence-corrected chi connectivity index (χ2v) is 5.85. The Morgan fingerprint density at radius 3 is 2.94 bits per heavy atom. The van der Waals surface area contributed by atoms with Crippen LogP contribution in [0.4, 0.5) is 5.69 Å². The second kappa shape index (κ2) is 5.94. The summed E-state index contributed by atoms with van der Waals surface area (Å²) in [5.74, 6) is 0.764. The number of nitrogens with zero attached hydrogens (tertiary/aromatic N) is 1. The van der Waals surface area contributed by atoms with Crippen LogP contribution < -0.4 is 10.6 Å². The molecule has 1 aliphatic rings. The first-order valence-corrected chi connectivity index (χ1v) is 7.29. The topological polar surface area (TPSA) is 29.3 Å². The van der Waals surface area contributed by atoms with Gasteiger partial charge in [-0.1, -0.05) is 25.4 Å². The van der Waals surface area contributed by atoms with E-state index in [1.807, 2.05) is 12.1 Å². The number of halogens is 1. The maximum absolute atomic E-state index is 6.22. The van der Waals surface area contributed by atoms with Gasteiger partial charge in [-0.25, -0.2) is 0 Å². The molecule has 0 bridgehead atoms. The number of hydrogen-bond donors (Lipinski definition) is 1. The first-order chi connectivity index (χ1) is 8.61. The van der Waals surface area contributed by atoms with Crippen LogP contribution in [0.1, 0.15) is 44.7 Å². The van der Waals surface area contributed by atoms with Crippen LogP contribution in [-0.2, 0) is 0 Å². The Labute approximate surface area is 115 Å². The number of anilines is 1. The lowest BCUT2D eigenvalue weighted by atomic mass is 9.97. The summed E-state index contributed by atoms with van der Waals surface area (Å²) in [4.78, 5) is 2.47. The molecule has 0 saturated carbocycles. The third kappa shape index (κ3) is 2.99. The van der Waals surface area contributed by atoms with Crippen LogP contribution in [0.15, 0.2) is 18.2 Å². The summed E-state index contributed by atoms with van der Waals surface area (Å²) in [7, 11) is 0. The van der Waals surface area contributed by atoms with Gasteiger partial charge in [0.25, 0.3) is 0 Å². The quantitative estimate of drug-likeness (QED) is 0.896. The largest absolute Gasteiger partial charge is 0.371 e. The van der Waals surface area contributed by atoms with Gasteiger partial charge in [-0.3, -0.25) is 0 Å². The fraction of sp³-hybridized carbons (Fsp3) is 0.600. The van der Waals surface area contributed by atoms with E-state index in [1.54, 1.807) is 0 Å². The van der Waals surface area contributed by atoms with Crippen molar-refractivity contribution in [1.29, 1.82) is 0 Å². The highest BCUT2D eigenvalue weighted by Gasteiger charge is 2.20. The fourth-order valence-electron chi connectivity index (χ4n) is 2.74. The van der Waals surface area contributed by atoms with E-state index in [9.17, 15) is 0 Å². The molecule has 2 N–H and O–H groups in total. The number of piperidine rings is 1. The molecule has 1 aromatic carbocycles. The van der Waals surface area contributed by atoms with Gasteiger partial charge in [0, 0.05) is 29.8 Å². The second-order valence-electron chi connectivity index (χ2n) is 5.41. The molecule has 3 heteroatoms. The molecule has 0 spiro atoms. The van der Waals surface area contributed by atoms with Gasteiger partial charge in [0.15, 0.2) is 0 Å². The summed E-state index contributed by atoms with van der Waals surface area (Å²) in [6, 6.07) is 6.22. The molecule has 100 valence electrons. The number of benzene rings is 1. The lowest BCUT2D eigenvalue weighted by Gasteiger charge is -2.35. The van der Waals surface area contributed by atoms with E-state index in [2.05, 4.69) is 24.8 Å². The highest BCUT2D eigenvalue weighted by molar-refractivity contribution is 6.30. The van der Waals surface area contributed by atoms with Crippen LogP contribution in [0, 0.1) is 5.92 Å². The molecule has 0 radical (unpaired) electrons. The predicted molar refractivity (Wildman–Crippen MR) is 79.3 cm³/mol. The van der Waals surface area contributed by atoms with Gasteiger partial charge in [0.1, 0.15) is 0 Å². The monoisotopic (exact) mass is 266 g/mol. The Balaban J connectivity index is 2.30. The third-order valence-corrected chi connectivity index (χ3v) is 4.06. The average molecular weight is 267 g/mol. The zero-order valence-electron chi connectivity index (χ0n) is 11.3. The van der Waals surface area contributed by atoms with Crippen molar-refractivity contribution in [2.45, 2.75) is 39.2 Å². The zero-order valence-corrected chi connectivity index (χ0v) is 12.1. The van der Waals surface area contributed by atoms with Gasteiger partial charge >= 0.3 is 0 Å². The molecule has 2 rings (SSSR count). The van der Waals surface area contributed by atoms with E-state index in [-0.39, 0.29) is 6.04 Å². The van der Waals surface area contributed by atoms with E-state index in [1.165, 1.54) is 24.1 Å². The first kappa shape index (κ1) is 13.7. The lowest BCUT2D eigenvalue weighted by molar-refractivity contribution is 0.445. The molecule has 2 atom stereocenters. The molecule has 0 aliphatic carbocycles. The summed E-state index contributed by atoms with van der Waals surface area (Å²) in [6.07, 6.45) is 3.54. The SMILES string of the molecule is CC[C@@H](N)c1cc(Cl)ccc1N1CCC[C@@H](C)C1. The van der Waals surface area contributed by atoms with Gasteiger partial charge in [0.2, 0.25) is 0 Å². The standard InChI is InChI=1S/C15H23ClN2/c1-3-14(17)13-9-12(16)6-7-15(13)18-8-4-5-11(2)10-18/h6-7,9,11,14H,3-5,8,10,17H2,1-2H3/t11-,14-/m1/s1. The van der Waals surface area contributed by atoms with Gasteiger partial charge in [-0.15, -0.1) is 0 Å². The molecular formula is C15H23ClN2. The molecule has 1 heterocycles. The van der Waals surface area contributed by atoms with E-state index in [0.29, 0.717) is 0 Å². The van der Waals surface area contributed by atoms with Crippen LogP contribution in [0.5, 0.6) is 0 Å². The maximum atomic E-state index is 6.22. The number of hydrogen-bond acceptors (Lipinski definition) is 2. The Kier molecular flexibility index (Phi) is 4.52. The minimum absolute atomic E-state index is 0.0796. The van der Waals surface area contributed by atoms with Crippen molar-refractivity contribution in [1.82, 2.24) is 0 Å². The van der Waals surface area contributed by atoms with E-state index >= 15 is 0 Å². The van der Waals surface area contributed by atoms with Gasteiger partial charge in [-0.2, -0.15) is 0 Å². The van der Waals surface area contributed by atoms with Crippen molar-refractivity contribution in [2.24, 2.45) is 11.7 Å². The Morgan fingerprint density at radius 2 is 2.28 bits per heavy atom. The van der Waals surface area contributed by atoms with Crippen molar-refractivity contribution in [3.8, 4) is 0 Å². The van der Waals surface area contributed by atoms with Crippen LogP contribution in [0.25, 0.3) is 0 Å². The van der Waals surface area contributed by atoms with Gasteiger partial charge in [0.05, 0.1) is 0 Å². The van der Waals surface area contributed by atoms with Gasteiger partial charge < -0.3 is 10.6 Å². The number of nitrogens with two attached hydrogens (primary N) is 1. The van der Waals surface area contributed by atoms with Crippen molar-refractivity contribution in [3.63, 3.8) is 0 Å². The average Bonchev–Trinajstić information content (AvgIpc) is 2.37. The highest BCUT2D eigenvalue weighted by atomic mass is 35.5. The summed E-state index contributed by atoms with van der Waals surface area (Å²) in [6.45, 7) is 6.70. The third-order valence-electron chi connectivity index (χ3n) is 3.83. The minimum Gasteiger partial charge on any atom is -0.371 e. The summed E-state index contributed by atoms with van der Waals surface area (Å²) in [5, 5.41) is 0.780. The van der Waals surface area contributed by atoms with Gasteiger partial charge in [-0.05, 0) is 48.9 Å². The molecule has 1 aliphatic heterocycles. The normalized spacial score (nSPS) is 22.0. The summed E-state index contributed by atoms with van der Waals surface area (Å²) >= 11 is 6.11. The predicted octanol–water partition coefficient (Wildman–Crippen LogP) is 3.99. The Bertz CT molecular complexity index is 405. The molecule has 1 fully saturated rings. The highest BCUT2D eigenvalue weighted by Crippen LogP contribution is 2.32. The Hall–Kier alpha value is -0.730. The van der Waals surface area contributed by atoms with E-state index < -0.39 is 0 Å². The van der Waals surface area contributed by atoms with Crippen molar-refractivity contribution >= 4 is 17.3 Å². The molecule has 2 nitrogen and oxygen atoms in total. The van der Waals surface area contributed by atoms with Crippen LogP contribution in [-0.4, -0.2) is 13.1 Å². The summed E-state index contributed by atoms with van der Waals surface area (Å²) < 4.78 is 0. The molecule has 0 amide bonds. The van der Waals surface area contributed by atoms with Crippen LogP contribution in [0.2, 0.25) is 5.02 Å². The van der Waals surface area contributed by atoms with Crippen molar-refractivity contribution < 1.29 is 0 Å². The molecule has 18 heavy (non-hydrogen) atoms.